The van der Waals surface area contributed by atoms with Gasteiger partial charge in [0.2, 0.25) is 0 Å². The Labute approximate surface area is 201 Å². The number of imidazole rings is 1. The summed E-state index contributed by atoms with van der Waals surface area (Å²) in [4.78, 5) is 36.4. The van der Waals surface area contributed by atoms with E-state index in [4.69, 9.17) is 9.72 Å². The first-order valence-electron chi connectivity index (χ1n) is 11.3. The molecule has 0 saturated carbocycles. The molecule has 4 aromatic rings. The molecule has 1 aliphatic carbocycles. The molecule has 1 unspecified atom stereocenters. The smallest absolute Gasteiger partial charge is 0.413 e. The molecule has 0 radical (unpaired) electrons. The number of carbonyl (C=O) groups is 1. The largest absolute Gasteiger partial charge is 0.444 e. The number of anilines is 3. The fraction of sp³-hybridized carbons (Fsp3) is 0.280. The number of nitrogens with one attached hydrogen (secondary N) is 2. The van der Waals surface area contributed by atoms with Gasteiger partial charge in [-0.15, -0.1) is 0 Å². The summed E-state index contributed by atoms with van der Waals surface area (Å²) in [5.41, 5.74) is 4.51. The van der Waals surface area contributed by atoms with Gasteiger partial charge in [-0.05, 0) is 69.0 Å². The molecule has 0 fully saturated rings. The minimum Gasteiger partial charge on any atom is -0.444 e. The molecule has 0 spiro atoms. The zero-order valence-electron chi connectivity index (χ0n) is 19.6. The van der Waals surface area contributed by atoms with E-state index in [9.17, 15) is 9.70 Å². The second-order valence-corrected chi connectivity index (χ2v) is 9.37. The van der Waals surface area contributed by atoms with E-state index < -0.39 is 11.7 Å². The van der Waals surface area contributed by atoms with Crippen LogP contribution in [-0.4, -0.2) is 31.0 Å². The molecule has 0 saturated heterocycles. The number of pyridine rings is 1. The number of nitrogens with zero attached hydrogens (tertiary/aromatic N) is 5. The third-order valence-electron chi connectivity index (χ3n) is 5.68. The maximum atomic E-state index is 12.0. The molecule has 1 aliphatic rings. The Hall–Kier alpha value is -4.34. The number of hydrogen-bond acceptors (Lipinski definition) is 8. The Balaban J connectivity index is 1.45. The number of hydrogen-bond donors (Lipinski definition) is 2. The number of aryl methyl sites for hydroxylation is 1. The highest BCUT2D eigenvalue weighted by atomic mass is 16.6. The SMILES string of the molecule is CC(C)(C)OC(=O)Nc1ccc(-c2nc3cnccn3c2Nc2ccc3c(c2)CCC3N=O)cn1. The summed E-state index contributed by atoms with van der Waals surface area (Å²) in [6, 6.07) is 9.22. The topological polar surface area (TPSA) is 123 Å². The highest BCUT2D eigenvalue weighted by molar-refractivity contribution is 5.84. The second-order valence-electron chi connectivity index (χ2n) is 9.37. The van der Waals surface area contributed by atoms with E-state index in [2.05, 4.69) is 31.8 Å². The molecule has 1 atom stereocenters. The van der Waals surface area contributed by atoms with E-state index in [-0.39, 0.29) is 6.04 Å². The number of ether oxygens (including phenoxy) is 1. The first-order valence-corrected chi connectivity index (χ1v) is 11.3. The lowest BCUT2D eigenvalue weighted by molar-refractivity contribution is 0.0635. The predicted octanol–water partition coefficient (Wildman–Crippen LogP) is 5.64. The third kappa shape index (κ3) is 4.68. The number of carbonyl (C=O) groups excluding carboxylic acids is 1. The van der Waals surface area contributed by atoms with Crippen LogP contribution < -0.4 is 10.6 Å². The van der Waals surface area contributed by atoms with E-state index in [0.29, 0.717) is 17.2 Å². The summed E-state index contributed by atoms with van der Waals surface area (Å²) in [6.45, 7) is 5.40. The lowest BCUT2D eigenvalue weighted by Gasteiger charge is -2.19. The van der Waals surface area contributed by atoms with Gasteiger partial charge in [-0.1, -0.05) is 11.2 Å². The van der Waals surface area contributed by atoms with Gasteiger partial charge in [0, 0.05) is 29.8 Å². The van der Waals surface area contributed by atoms with Crippen LogP contribution in [0.5, 0.6) is 0 Å². The number of fused-ring (bicyclic) bond motifs is 2. The van der Waals surface area contributed by atoms with Crippen LogP contribution in [0.3, 0.4) is 0 Å². The zero-order chi connectivity index (χ0) is 24.6. The van der Waals surface area contributed by atoms with E-state index in [0.717, 1.165) is 41.0 Å². The van der Waals surface area contributed by atoms with Crippen molar-refractivity contribution in [2.75, 3.05) is 10.6 Å². The first kappa shape index (κ1) is 22.5. The summed E-state index contributed by atoms with van der Waals surface area (Å²) in [5, 5.41) is 9.35. The fourth-order valence-electron chi connectivity index (χ4n) is 4.16. The van der Waals surface area contributed by atoms with E-state index >= 15 is 0 Å². The van der Waals surface area contributed by atoms with Crippen LogP contribution in [0, 0.1) is 4.91 Å². The fourth-order valence-corrected chi connectivity index (χ4v) is 4.16. The molecule has 1 aromatic carbocycles. The summed E-state index contributed by atoms with van der Waals surface area (Å²) in [7, 11) is 0. The molecule has 178 valence electrons. The van der Waals surface area contributed by atoms with Crippen molar-refractivity contribution >= 4 is 29.1 Å². The Morgan fingerprint density at radius 3 is 2.80 bits per heavy atom. The van der Waals surface area contributed by atoms with Crippen molar-refractivity contribution in [3.8, 4) is 11.3 Å². The second kappa shape index (κ2) is 8.79. The Morgan fingerprint density at radius 2 is 2.06 bits per heavy atom. The number of rotatable bonds is 5. The Morgan fingerprint density at radius 1 is 1.20 bits per heavy atom. The van der Waals surface area contributed by atoms with E-state index in [1.165, 1.54) is 0 Å². The lowest BCUT2D eigenvalue weighted by atomic mass is 10.1. The Bertz CT molecular complexity index is 1410. The van der Waals surface area contributed by atoms with Crippen molar-refractivity contribution in [2.45, 2.75) is 45.3 Å². The number of nitroso groups, excluding NO2 is 1. The molecular formula is C25H25N7O3. The maximum absolute atomic E-state index is 12.0. The first-order chi connectivity index (χ1) is 16.8. The minimum atomic E-state index is -0.600. The number of aromatic nitrogens is 4. The van der Waals surface area contributed by atoms with Crippen molar-refractivity contribution in [1.82, 2.24) is 19.4 Å². The highest BCUT2D eigenvalue weighted by Gasteiger charge is 2.24. The van der Waals surface area contributed by atoms with Gasteiger partial charge in [0.15, 0.2) is 5.65 Å². The monoisotopic (exact) mass is 471 g/mol. The Kier molecular flexibility index (Phi) is 5.64. The third-order valence-corrected chi connectivity index (χ3v) is 5.68. The van der Waals surface area contributed by atoms with Gasteiger partial charge in [0.1, 0.15) is 29.0 Å². The molecule has 5 rings (SSSR count). The van der Waals surface area contributed by atoms with Crippen molar-refractivity contribution in [1.29, 1.82) is 0 Å². The van der Waals surface area contributed by atoms with Crippen LogP contribution in [0.1, 0.15) is 44.4 Å². The van der Waals surface area contributed by atoms with Crippen LogP contribution in [0.25, 0.3) is 16.9 Å². The number of benzene rings is 1. The standard InChI is InChI=1S/C25H25N7O3/c1-25(2,3)35-24(33)29-20-9-5-16(13-27-20)22-23(32-11-10-26-14-21(32)30-22)28-17-6-7-18-15(12-17)4-8-19(18)31-34/h5-7,9-14,19,28H,4,8H2,1-3H3,(H,27,29,33). The van der Waals surface area contributed by atoms with Crippen LogP contribution in [-0.2, 0) is 11.2 Å². The molecule has 10 nitrogen and oxygen atoms in total. The highest BCUT2D eigenvalue weighted by Crippen LogP contribution is 2.37. The molecule has 0 bridgehead atoms. The summed E-state index contributed by atoms with van der Waals surface area (Å²) in [6.07, 6.45) is 7.85. The van der Waals surface area contributed by atoms with Gasteiger partial charge in [-0.2, -0.15) is 4.91 Å². The molecule has 2 N–H and O–H groups in total. The predicted molar refractivity (Wildman–Crippen MR) is 133 cm³/mol. The lowest BCUT2D eigenvalue weighted by Crippen LogP contribution is -2.27. The van der Waals surface area contributed by atoms with Gasteiger partial charge < -0.3 is 10.1 Å². The summed E-state index contributed by atoms with van der Waals surface area (Å²) in [5.74, 6) is 1.12. The zero-order valence-corrected chi connectivity index (χ0v) is 19.6. The molecule has 3 heterocycles. The van der Waals surface area contributed by atoms with Crippen molar-refractivity contribution in [3.63, 3.8) is 0 Å². The van der Waals surface area contributed by atoms with Crippen LogP contribution in [0.2, 0.25) is 0 Å². The van der Waals surface area contributed by atoms with Crippen molar-refractivity contribution < 1.29 is 9.53 Å². The van der Waals surface area contributed by atoms with Crippen molar-refractivity contribution in [2.24, 2.45) is 5.18 Å². The van der Waals surface area contributed by atoms with E-state index in [1.807, 2.05) is 28.8 Å². The molecule has 3 aromatic heterocycles. The number of amides is 1. The normalized spacial score (nSPS) is 15.0. The van der Waals surface area contributed by atoms with Gasteiger partial charge >= 0.3 is 6.09 Å². The van der Waals surface area contributed by atoms with Gasteiger partial charge in [0.05, 0.1) is 6.20 Å². The van der Waals surface area contributed by atoms with Gasteiger partial charge in [0.25, 0.3) is 0 Å². The molecule has 35 heavy (non-hydrogen) atoms. The van der Waals surface area contributed by atoms with Crippen LogP contribution in [0.4, 0.5) is 22.1 Å². The maximum Gasteiger partial charge on any atom is 0.413 e. The van der Waals surface area contributed by atoms with Crippen LogP contribution >= 0.6 is 0 Å². The molecule has 1 amide bonds. The van der Waals surface area contributed by atoms with Crippen LogP contribution in [0.15, 0.2) is 60.3 Å². The average Bonchev–Trinajstić information content (AvgIpc) is 3.39. The average molecular weight is 472 g/mol. The quantitative estimate of drug-likeness (QED) is 0.361. The summed E-state index contributed by atoms with van der Waals surface area (Å²) < 4.78 is 7.20. The summed E-state index contributed by atoms with van der Waals surface area (Å²) >= 11 is 0. The molecule has 10 heteroatoms. The van der Waals surface area contributed by atoms with Crippen molar-refractivity contribution in [3.05, 3.63) is 71.2 Å². The van der Waals surface area contributed by atoms with E-state index in [1.54, 1.807) is 45.4 Å². The molecular weight excluding hydrogens is 446 g/mol. The minimum absolute atomic E-state index is 0.268. The van der Waals surface area contributed by atoms with Gasteiger partial charge in [-0.3, -0.25) is 14.7 Å². The van der Waals surface area contributed by atoms with Gasteiger partial charge in [-0.25, -0.2) is 14.8 Å². The molecule has 0 aliphatic heterocycles.